The Balaban J connectivity index is 1.58. The summed E-state index contributed by atoms with van der Waals surface area (Å²) < 4.78 is 49.4. The minimum Gasteiger partial charge on any atom is -0.474 e. The van der Waals surface area contributed by atoms with E-state index in [0.29, 0.717) is 28.8 Å². The Hall–Kier alpha value is -4.76. The third-order valence-electron chi connectivity index (χ3n) is 7.36. The van der Waals surface area contributed by atoms with Crippen LogP contribution in [0.15, 0.2) is 24.5 Å². The zero-order valence-corrected chi connectivity index (χ0v) is 28.2. The van der Waals surface area contributed by atoms with E-state index in [9.17, 15) is 14.4 Å². The molecule has 14 nitrogen and oxygen atoms in total. The summed E-state index contributed by atoms with van der Waals surface area (Å²) in [7, 11) is 1.50. The maximum Gasteiger partial charge on any atom is 0.415 e. The van der Waals surface area contributed by atoms with Crippen LogP contribution in [0.3, 0.4) is 0 Å². The van der Waals surface area contributed by atoms with E-state index in [-0.39, 0.29) is 48.1 Å². The van der Waals surface area contributed by atoms with Gasteiger partial charge in [-0.2, -0.15) is 0 Å². The van der Waals surface area contributed by atoms with Crippen molar-refractivity contribution in [2.24, 2.45) is 0 Å². The number of aromatic nitrogens is 2. The molecule has 2 atom stereocenters. The Morgan fingerprint density at radius 2 is 1.65 bits per heavy atom. The highest BCUT2D eigenvalue weighted by Crippen LogP contribution is 2.42. The molecule has 3 aromatic rings. The van der Waals surface area contributed by atoms with Gasteiger partial charge in [0.2, 0.25) is 5.88 Å². The van der Waals surface area contributed by atoms with Gasteiger partial charge in [-0.25, -0.2) is 28.7 Å². The monoisotopic (exact) mass is 669 g/mol. The normalized spacial score (nSPS) is 17.7. The summed E-state index contributed by atoms with van der Waals surface area (Å²) >= 11 is 0. The average Bonchev–Trinajstić information content (AvgIpc) is 3.43. The number of hydrogen-bond acceptors (Lipinski definition) is 11. The van der Waals surface area contributed by atoms with Gasteiger partial charge in [-0.3, -0.25) is 15.5 Å². The van der Waals surface area contributed by atoms with Crippen LogP contribution >= 0.6 is 0 Å². The maximum absolute atomic E-state index is 16.6. The Morgan fingerprint density at radius 1 is 0.938 bits per heavy atom. The minimum absolute atomic E-state index is 0.0434. The standard InChI is InChI=1S/C33H40FN5O9/c1-17-20(13-36-28-27(17)39(9-10-45-28)31(42)48-33(5,6)7)19-11-18-12-24(37-29(40)46-23-16-44-15-22(23)43-8)35-14-21(18)26(25(19)34)38-30(41)47-32(2,3)4/h11-14,22-23H,9-10,15-16H2,1-8H3,(H,38,41)(H,35,37,40)/t22-,23-/m1/s1. The number of carbonyl (C=O) groups is 3. The summed E-state index contributed by atoms with van der Waals surface area (Å²) in [6.07, 6.45) is -0.538. The van der Waals surface area contributed by atoms with E-state index in [1.54, 1.807) is 48.5 Å². The number of anilines is 3. The van der Waals surface area contributed by atoms with Gasteiger partial charge in [-0.15, -0.1) is 0 Å². The van der Waals surface area contributed by atoms with Crippen LogP contribution in [0.5, 0.6) is 5.88 Å². The summed E-state index contributed by atoms with van der Waals surface area (Å²) in [6.45, 7) is 12.9. The summed E-state index contributed by atoms with van der Waals surface area (Å²) in [6, 6.07) is 3.04. The van der Waals surface area contributed by atoms with Gasteiger partial charge in [0.25, 0.3) is 0 Å². The number of hydrogen-bond donors (Lipinski definition) is 2. The highest BCUT2D eigenvalue weighted by Gasteiger charge is 2.34. The summed E-state index contributed by atoms with van der Waals surface area (Å²) in [5.74, 6) is -0.502. The lowest BCUT2D eigenvalue weighted by atomic mass is 9.96. The molecule has 0 radical (unpaired) electrons. The molecule has 0 unspecified atom stereocenters. The lowest BCUT2D eigenvalue weighted by Gasteiger charge is -2.32. The highest BCUT2D eigenvalue weighted by molar-refractivity contribution is 6.05. The second-order valence-corrected chi connectivity index (χ2v) is 13.3. The third kappa shape index (κ3) is 7.68. The van der Waals surface area contributed by atoms with Gasteiger partial charge in [-0.1, -0.05) is 0 Å². The van der Waals surface area contributed by atoms with Crippen molar-refractivity contribution >= 4 is 46.2 Å². The molecule has 2 N–H and O–H groups in total. The van der Waals surface area contributed by atoms with E-state index in [1.807, 2.05) is 0 Å². The molecule has 2 aromatic heterocycles. The molecule has 258 valence electrons. The molecule has 3 amide bonds. The van der Waals surface area contributed by atoms with E-state index < -0.39 is 47.5 Å². The van der Waals surface area contributed by atoms with Crippen LogP contribution in [0.2, 0.25) is 0 Å². The quantitative estimate of drug-likeness (QED) is 0.298. The van der Waals surface area contributed by atoms with E-state index >= 15 is 4.39 Å². The molecule has 48 heavy (non-hydrogen) atoms. The van der Waals surface area contributed by atoms with Crippen molar-refractivity contribution in [2.45, 2.75) is 71.9 Å². The first kappa shape index (κ1) is 34.6. The van der Waals surface area contributed by atoms with Gasteiger partial charge < -0.3 is 28.4 Å². The number of nitrogens with zero attached hydrogens (tertiary/aromatic N) is 3. The second-order valence-electron chi connectivity index (χ2n) is 13.3. The van der Waals surface area contributed by atoms with Crippen LogP contribution < -0.4 is 20.3 Å². The average molecular weight is 670 g/mol. The first-order valence-corrected chi connectivity index (χ1v) is 15.4. The van der Waals surface area contributed by atoms with Crippen molar-refractivity contribution in [1.29, 1.82) is 0 Å². The molecule has 5 rings (SSSR count). The molecular formula is C33H40FN5O9. The number of methoxy groups -OCH3 is 1. The zero-order chi connectivity index (χ0) is 35.0. The summed E-state index contributed by atoms with van der Waals surface area (Å²) in [5, 5.41) is 5.74. The number of halogens is 1. The summed E-state index contributed by atoms with van der Waals surface area (Å²) in [5.41, 5.74) is -0.654. The first-order chi connectivity index (χ1) is 22.5. The van der Waals surface area contributed by atoms with E-state index in [0.717, 1.165) is 0 Å². The van der Waals surface area contributed by atoms with Crippen LogP contribution in [0.4, 0.5) is 36.0 Å². The molecule has 2 aliphatic heterocycles. The SMILES string of the molecule is CO[C@@H]1COC[C@H]1OC(=O)Nc1cc2cc(-c3cnc4c(c3C)N(C(=O)OC(C)(C)C)CCO4)c(F)c(NC(=O)OC(C)(C)C)c2cn1. The summed E-state index contributed by atoms with van der Waals surface area (Å²) in [4.78, 5) is 48.9. The third-order valence-corrected chi connectivity index (χ3v) is 7.36. The highest BCUT2D eigenvalue weighted by atomic mass is 19.1. The fourth-order valence-corrected chi connectivity index (χ4v) is 5.29. The topological polar surface area (TPSA) is 160 Å². The molecular weight excluding hydrogens is 629 g/mol. The number of pyridine rings is 2. The molecule has 1 aromatic carbocycles. The number of amides is 3. The number of nitrogens with one attached hydrogen (secondary N) is 2. The number of fused-ring (bicyclic) bond motifs is 2. The van der Waals surface area contributed by atoms with Crippen molar-refractivity contribution < 1.29 is 47.2 Å². The van der Waals surface area contributed by atoms with Crippen LogP contribution in [0.25, 0.3) is 21.9 Å². The van der Waals surface area contributed by atoms with Gasteiger partial charge in [0, 0.05) is 36.0 Å². The molecule has 0 saturated carbocycles. The Bertz CT molecular complexity index is 1740. The van der Waals surface area contributed by atoms with E-state index in [1.165, 1.54) is 36.5 Å². The van der Waals surface area contributed by atoms with Crippen LogP contribution in [-0.4, -0.2) is 85.1 Å². The molecule has 2 aliphatic rings. The molecule has 0 bridgehead atoms. The van der Waals surface area contributed by atoms with Gasteiger partial charge >= 0.3 is 18.3 Å². The molecule has 4 heterocycles. The Labute approximate surface area is 277 Å². The van der Waals surface area contributed by atoms with E-state index in [4.69, 9.17) is 28.4 Å². The molecule has 1 saturated heterocycles. The predicted octanol–water partition coefficient (Wildman–Crippen LogP) is 6.19. The first-order valence-electron chi connectivity index (χ1n) is 15.4. The number of ether oxygens (including phenoxy) is 6. The van der Waals surface area contributed by atoms with Crippen molar-refractivity contribution in [3.8, 4) is 17.0 Å². The van der Waals surface area contributed by atoms with Gasteiger partial charge in [0.05, 0.1) is 25.4 Å². The fraction of sp³-hybridized carbons (Fsp3) is 0.485. The molecule has 0 aliphatic carbocycles. The number of rotatable bonds is 5. The largest absolute Gasteiger partial charge is 0.474 e. The fourth-order valence-electron chi connectivity index (χ4n) is 5.29. The minimum atomic E-state index is -0.887. The molecule has 1 fully saturated rings. The smallest absolute Gasteiger partial charge is 0.415 e. The van der Waals surface area contributed by atoms with Crippen molar-refractivity contribution in [3.05, 3.63) is 35.9 Å². The van der Waals surface area contributed by atoms with E-state index in [2.05, 4.69) is 20.6 Å². The number of benzene rings is 1. The van der Waals surface area contributed by atoms with Gasteiger partial charge in [0.1, 0.15) is 35.4 Å². The molecule has 15 heteroatoms. The van der Waals surface area contributed by atoms with Crippen molar-refractivity contribution in [2.75, 3.05) is 49.0 Å². The van der Waals surface area contributed by atoms with Crippen LogP contribution in [-0.2, 0) is 23.7 Å². The lowest BCUT2D eigenvalue weighted by molar-refractivity contribution is 0.0117. The zero-order valence-electron chi connectivity index (χ0n) is 28.2. The predicted molar refractivity (Wildman–Crippen MR) is 174 cm³/mol. The second kappa shape index (κ2) is 13.4. The molecule has 0 spiro atoms. The van der Waals surface area contributed by atoms with Crippen LogP contribution in [0, 0.1) is 12.7 Å². The lowest BCUT2D eigenvalue weighted by Crippen LogP contribution is -2.42. The number of carbonyl (C=O) groups excluding carboxylic acids is 3. The maximum atomic E-state index is 16.6. The van der Waals surface area contributed by atoms with Gasteiger partial charge in [0.15, 0.2) is 11.9 Å². The Kier molecular flexibility index (Phi) is 9.65. The van der Waals surface area contributed by atoms with Crippen molar-refractivity contribution in [3.63, 3.8) is 0 Å². The van der Waals surface area contributed by atoms with Crippen LogP contribution in [0.1, 0.15) is 47.1 Å². The Morgan fingerprint density at radius 3 is 2.33 bits per heavy atom. The van der Waals surface area contributed by atoms with Crippen molar-refractivity contribution in [1.82, 2.24) is 9.97 Å². The van der Waals surface area contributed by atoms with Gasteiger partial charge in [-0.05, 0) is 71.5 Å².